The van der Waals surface area contributed by atoms with Gasteiger partial charge < -0.3 is 10.6 Å². The summed E-state index contributed by atoms with van der Waals surface area (Å²) in [5.74, 6) is -0.0290. The maximum Gasteiger partial charge on any atom is 0.239 e. The van der Waals surface area contributed by atoms with Crippen molar-refractivity contribution in [1.29, 1.82) is 0 Å². The Morgan fingerprint density at radius 1 is 1.83 bits per heavy atom. The second-order valence-corrected chi connectivity index (χ2v) is 3.38. The van der Waals surface area contributed by atoms with Crippen molar-refractivity contribution in [3.05, 3.63) is 0 Å². The first-order chi connectivity index (χ1) is 5.65. The number of halogens is 1. The van der Waals surface area contributed by atoms with Crippen LogP contribution >= 0.6 is 0 Å². The highest BCUT2D eigenvalue weighted by Crippen LogP contribution is 2.16. The number of nitrogens with zero attached hydrogens (tertiary/aromatic N) is 1. The molecule has 1 fully saturated rings. The molecule has 0 spiro atoms. The molecule has 0 radical (unpaired) electrons. The van der Waals surface area contributed by atoms with Crippen LogP contribution in [0.4, 0.5) is 4.39 Å². The summed E-state index contributed by atoms with van der Waals surface area (Å²) in [4.78, 5) is 12.9. The first-order valence-corrected chi connectivity index (χ1v) is 4.25. The molecule has 1 saturated heterocycles. The summed E-state index contributed by atoms with van der Waals surface area (Å²) < 4.78 is 12.2. The average Bonchev–Trinajstić information content (AvgIpc) is 2.50. The number of rotatable bonds is 2. The lowest BCUT2D eigenvalue weighted by Gasteiger charge is -2.17. The highest BCUT2D eigenvalue weighted by molar-refractivity contribution is 5.81. The fourth-order valence-electron chi connectivity index (χ4n) is 1.45. The summed E-state index contributed by atoms with van der Waals surface area (Å²) in [6, 6.07) is -0.455. The molecule has 2 atom stereocenters. The van der Waals surface area contributed by atoms with Gasteiger partial charge in [0.2, 0.25) is 5.91 Å². The Morgan fingerprint density at radius 2 is 2.50 bits per heavy atom. The Morgan fingerprint density at radius 3 is 2.92 bits per heavy atom. The molecule has 0 saturated carbocycles. The molecule has 2 N–H and O–H groups in total. The fourth-order valence-corrected chi connectivity index (χ4v) is 1.45. The maximum atomic E-state index is 12.2. The number of carbonyl (C=O) groups is 1. The third-order valence-electron chi connectivity index (χ3n) is 2.21. The largest absolute Gasteiger partial charge is 0.341 e. The molecule has 1 amide bonds. The van der Waals surface area contributed by atoms with E-state index in [1.54, 1.807) is 11.8 Å². The Hall–Kier alpha value is -0.640. The van der Waals surface area contributed by atoms with E-state index in [2.05, 4.69) is 0 Å². The van der Waals surface area contributed by atoms with E-state index < -0.39 is 6.04 Å². The molecule has 1 aliphatic heterocycles. The van der Waals surface area contributed by atoms with Gasteiger partial charge >= 0.3 is 0 Å². The van der Waals surface area contributed by atoms with Crippen LogP contribution in [0.1, 0.15) is 13.3 Å². The van der Waals surface area contributed by atoms with E-state index in [0.29, 0.717) is 13.1 Å². The summed E-state index contributed by atoms with van der Waals surface area (Å²) >= 11 is 0. The number of carbonyl (C=O) groups excluding carboxylic acids is 1. The van der Waals surface area contributed by atoms with Gasteiger partial charge in [-0.3, -0.25) is 9.18 Å². The van der Waals surface area contributed by atoms with Gasteiger partial charge in [-0.05, 0) is 13.3 Å². The van der Waals surface area contributed by atoms with Gasteiger partial charge in [0.05, 0.1) is 12.7 Å². The van der Waals surface area contributed by atoms with Crippen molar-refractivity contribution in [2.24, 2.45) is 11.7 Å². The SMILES string of the molecule is C[C@@H](N)C(=O)N1CC[C@H](CF)C1. The molecule has 0 unspecified atom stereocenters. The van der Waals surface area contributed by atoms with Crippen LogP contribution in [0.5, 0.6) is 0 Å². The predicted molar refractivity (Wildman–Crippen MR) is 44.3 cm³/mol. The van der Waals surface area contributed by atoms with E-state index in [4.69, 9.17) is 5.73 Å². The summed E-state index contributed by atoms with van der Waals surface area (Å²) in [5.41, 5.74) is 5.42. The molecular weight excluding hydrogens is 159 g/mol. The van der Waals surface area contributed by atoms with Crippen molar-refractivity contribution >= 4 is 5.91 Å². The van der Waals surface area contributed by atoms with Gasteiger partial charge in [-0.15, -0.1) is 0 Å². The third kappa shape index (κ3) is 1.94. The average molecular weight is 174 g/mol. The van der Waals surface area contributed by atoms with Crippen LogP contribution in [-0.2, 0) is 4.79 Å². The minimum atomic E-state index is -0.455. The molecule has 1 heterocycles. The smallest absolute Gasteiger partial charge is 0.239 e. The van der Waals surface area contributed by atoms with Crippen molar-refractivity contribution in [1.82, 2.24) is 4.90 Å². The summed E-state index contributed by atoms with van der Waals surface area (Å²) in [5, 5.41) is 0. The Bertz CT molecular complexity index is 172. The van der Waals surface area contributed by atoms with Crippen LogP contribution in [0, 0.1) is 5.92 Å². The minimum absolute atomic E-state index is 0.0349. The lowest BCUT2D eigenvalue weighted by molar-refractivity contribution is -0.131. The minimum Gasteiger partial charge on any atom is -0.341 e. The van der Waals surface area contributed by atoms with Crippen LogP contribution < -0.4 is 5.73 Å². The first-order valence-electron chi connectivity index (χ1n) is 4.25. The van der Waals surface area contributed by atoms with Gasteiger partial charge in [-0.1, -0.05) is 0 Å². The molecule has 3 nitrogen and oxygen atoms in total. The number of alkyl halides is 1. The number of amides is 1. The molecule has 4 heteroatoms. The summed E-state index contributed by atoms with van der Waals surface area (Å²) in [7, 11) is 0. The number of nitrogens with two attached hydrogens (primary N) is 1. The van der Waals surface area contributed by atoms with Crippen molar-refractivity contribution in [2.75, 3.05) is 19.8 Å². The van der Waals surface area contributed by atoms with Crippen molar-refractivity contribution < 1.29 is 9.18 Å². The molecule has 1 rings (SSSR count). The number of hydrogen-bond acceptors (Lipinski definition) is 2. The highest BCUT2D eigenvalue weighted by Gasteiger charge is 2.27. The van der Waals surface area contributed by atoms with E-state index in [1.165, 1.54) is 0 Å². The molecule has 0 bridgehead atoms. The van der Waals surface area contributed by atoms with Crippen LogP contribution in [0.15, 0.2) is 0 Å². The van der Waals surface area contributed by atoms with E-state index >= 15 is 0 Å². The Kier molecular flexibility index (Phi) is 3.03. The van der Waals surface area contributed by atoms with E-state index in [0.717, 1.165) is 6.42 Å². The number of hydrogen-bond donors (Lipinski definition) is 1. The van der Waals surface area contributed by atoms with Crippen molar-refractivity contribution in [2.45, 2.75) is 19.4 Å². The molecular formula is C8H15FN2O. The maximum absolute atomic E-state index is 12.2. The normalized spacial score (nSPS) is 25.9. The standard InChI is InChI=1S/C8H15FN2O/c1-6(10)8(12)11-3-2-7(4-9)5-11/h6-7H,2-5,10H2,1H3/t6-,7-/m1/s1. The van der Waals surface area contributed by atoms with Crippen molar-refractivity contribution in [3.8, 4) is 0 Å². The topological polar surface area (TPSA) is 46.3 Å². The molecule has 0 aromatic carbocycles. The van der Waals surface area contributed by atoms with E-state index in [1.807, 2.05) is 0 Å². The second-order valence-electron chi connectivity index (χ2n) is 3.38. The van der Waals surface area contributed by atoms with E-state index in [9.17, 15) is 9.18 Å². The van der Waals surface area contributed by atoms with Gasteiger partial charge in [0.25, 0.3) is 0 Å². The third-order valence-corrected chi connectivity index (χ3v) is 2.21. The zero-order valence-electron chi connectivity index (χ0n) is 7.29. The van der Waals surface area contributed by atoms with Crippen LogP contribution in [0.2, 0.25) is 0 Å². The molecule has 0 aromatic rings. The molecule has 0 aliphatic carbocycles. The monoisotopic (exact) mass is 174 g/mol. The van der Waals surface area contributed by atoms with Gasteiger partial charge in [0, 0.05) is 19.0 Å². The summed E-state index contributed by atoms with van der Waals surface area (Å²) in [6.45, 7) is 2.53. The van der Waals surface area contributed by atoms with Gasteiger partial charge in [0.15, 0.2) is 0 Å². The van der Waals surface area contributed by atoms with Crippen LogP contribution in [-0.4, -0.2) is 36.6 Å². The predicted octanol–water partition coefficient (Wildman–Crippen LogP) is 0.152. The first kappa shape index (κ1) is 9.45. The lowest BCUT2D eigenvalue weighted by Crippen LogP contribution is -2.40. The zero-order valence-corrected chi connectivity index (χ0v) is 7.29. The van der Waals surface area contributed by atoms with E-state index in [-0.39, 0.29) is 18.5 Å². The lowest BCUT2D eigenvalue weighted by atomic mass is 10.1. The van der Waals surface area contributed by atoms with Gasteiger partial charge in [-0.2, -0.15) is 0 Å². The van der Waals surface area contributed by atoms with Crippen molar-refractivity contribution in [3.63, 3.8) is 0 Å². The van der Waals surface area contributed by atoms with Gasteiger partial charge in [-0.25, -0.2) is 0 Å². The molecule has 12 heavy (non-hydrogen) atoms. The zero-order chi connectivity index (χ0) is 9.14. The molecule has 0 aromatic heterocycles. The fraction of sp³-hybridized carbons (Fsp3) is 0.875. The van der Waals surface area contributed by atoms with Crippen LogP contribution in [0.25, 0.3) is 0 Å². The number of likely N-dealkylation sites (tertiary alicyclic amines) is 1. The Labute approximate surface area is 71.7 Å². The van der Waals surface area contributed by atoms with Crippen LogP contribution in [0.3, 0.4) is 0 Å². The Balaban J connectivity index is 2.41. The second kappa shape index (κ2) is 3.85. The molecule has 70 valence electrons. The highest BCUT2D eigenvalue weighted by atomic mass is 19.1. The molecule has 1 aliphatic rings. The quantitative estimate of drug-likeness (QED) is 0.647. The van der Waals surface area contributed by atoms with Gasteiger partial charge in [0.1, 0.15) is 0 Å². The summed E-state index contributed by atoms with van der Waals surface area (Å²) in [6.07, 6.45) is 0.773.